The van der Waals surface area contributed by atoms with Crippen LogP contribution in [-0.4, -0.2) is 5.11 Å². The van der Waals surface area contributed by atoms with Crippen molar-refractivity contribution >= 4 is 43.2 Å². The molecule has 1 aromatic carbocycles. The minimum Gasteiger partial charge on any atom is -0.383 e. The van der Waals surface area contributed by atoms with Crippen LogP contribution in [0.15, 0.2) is 13.6 Å². The minimum absolute atomic E-state index is 0.00918. The molecule has 0 saturated heterocycles. The van der Waals surface area contributed by atoms with Gasteiger partial charge >= 0.3 is 0 Å². The van der Waals surface area contributed by atoms with Crippen LogP contribution in [0.2, 0.25) is 0 Å². The number of rotatable bonds is 2. The fourth-order valence-electron chi connectivity index (χ4n) is 1.56. The molecule has 0 aliphatic carbocycles. The summed E-state index contributed by atoms with van der Waals surface area (Å²) in [6.45, 7) is 0. The molecule has 0 bridgehead atoms. The van der Waals surface area contributed by atoms with Crippen LogP contribution in [0.1, 0.15) is 17.2 Å². The number of hydrogen-bond acceptors (Lipinski definition) is 2. The molecule has 0 saturated carbocycles. The average molecular weight is 438 g/mol. The quantitative estimate of drug-likeness (QED) is 0.396. The predicted octanol–water partition coefficient (Wildman–Crippen LogP) is 5.05. The van der Waals surface area contributed by atoms with Crippen LogP contribution in [0, 0.1) is 29.1 Å². The highest BCUT2D eigenvalue weighted by molar-refractivity contribution is 9.12. The first kappa shape index (κ1) is 15.9. The molecule has 1 aromatic heterocycles. The first-order valence-corrected chi connectivity index (χ1v) is 7.30. The van der Waals surface area contributed by atoms with Crippen molar-refractivity contribution < 1.29 is 27.1 Å². The maximum Gasteiger partial charge on any atom is 0.200 e. The second kappa shape index (κ2) is 5.70. The summed E-state index contributed by atoms with van der Waals surface area (Å²) in [5.41, 5.74) is -1.29. The van der Waals surface area contributed by atoms with Crippen molar-refractivity contribution in [2.75, 3.05) is 0 Å². The third-order valence-corrected chi connectivity index (χ3v) is 4.88. The second-order valence-electron chi connectivity index (χ2n) is 3.67. The van der Waals surface area contributed by atoms with E-state index in [2.05, 4.69) is 31.9 Å². The zero-order chi connectivity index (χ0) is 15.2. The summed E-state index contributed by atoms with van der Waals surface area (Å²) in [7, 11) is 0. The Kier molecular flexibility index (Phi) is 4.53. The normalized spacial score (nSPS) is 12.8. The maximum atomic E-state index is 13.6. The van der Waals surface area contributed by atoms with Gasteiger partial charge in [0.1, 0.15) is 6.10 Å². The lowest BCUT2D eigenvalue weighted by atomic mass is 10.0. The molecule has 1 nitrogen and oxygen atoms in total. The fraction of sp³-hybridized carbons (Fsp3) is 0.0909. The molecule has 1 atom stereocenters. The van der Waals surface area contributed by atoms with E-state index in [4.69, 9.17) is 0 Å². The fourth-order valence-corrected chi connectivity index (χ4v) is 4.44. The van der Waals surface area contributed by atoms with E-state index in [1.165, 1.54) is 6.07 Å². The zero-order valence-corrected chi connectivity index (χ0v) is 13.1. The summed E-state index contributed by atoms with van der Waals surface area (Å²) in [4.78, 5) is 0. The molecule has 2 rings (SSSR count). The number of thiophene rings is 1. The van der Waals surface area contributed by atoms with Crippen LogP contribution in [0.4, 0.5) is 22.0 Å². The SMILES string of the molecule is OC(c1cc(Br)sc1Br)c1c(F)c(F)c(F)c(F)c1F. The lowest BCUT2D eigenvalue weighted by molar-refractivity contribution is 0.202. The number of halogens is 7. The number of hydrogen-bond donors (Lipinski definition) is 1. The molecule has 0 amide bonds. The molecule has 108 valence electrons. The highest BCUT2D eigenvalue weighted by Gasteiger charge is 2.31. The Morgan fingerprint density at radius 1 is 0.900 bits per heavy atom. The van der Waals surface area contributed by atoms with Crippen molar-refractivity contribution in [3.63, 3.8) is 0 Å². The molecule has 20 heavy (non-hydrogen) atoms. The van der Waals surface area contributed by atoms with Gasteiger partial charge in [-0.15, -0.1) is 11.3 Å². The summed E-state index contributed by atoms with van der Waals surface area (Å²) >= 11 is 7.20. The lowest BCUT2D eigenvalue weighted by Crippen LogP contribution is -2.12. The molecule has 1 heterocycles. The monoisotopic (exact) mass is 436 g/mol. The summed E-state index contributed by atoms with van der Waals surface area (Å²) < 4.78 is 67.1. The summed E-state index contributed by atoms with van der Waals surface area (Å²) in [6.07, 6.45) is -1.99. The first-order valence-electron chi connectivity index (χ1n) is 4.89. The van der Waals surface area contributed by atoms with E-state index in [1.807, 2.05) is 0 Å². The van der Waals surface area contributed by atoms with Crippen LogP contribution in [0.5, 0.6) is 0 Å². The van der Waals surface area contributed by atoms with E-state index in [1.54, 1.807) is 0 Å². The van der Waals surface area contributed by atoms with E-state index in [-0.39, 0.29) is 5.56 Å². The number of benzene rings is 1. The Hall–Kier alpha value is -0.510. The second-order valence-corrected chi connectivity index (χ2v) is 7.42. The van der Waals surface area contributed by atoms with Gasteiger partial charge in [0.25, 0.3) is 0 Å². The van der Waals surface area contributed by atoms with Gasteiger partial charge < -0.3 is 5.11 Å². The van der Waals surface area contributed by atoms with E-state index < -0.39 is 40.8 Å². The molecule has 1 unspecified atom stereocenters. The third-order valence-electron chi connectivity index (χ3n) is 2.49. The van der Waals surface area contributed by atoms with Crippen molar-refractivity contribution in [3.05, 3.63) is 53.9 Å². The average Bonchev–Trinajstić information content (AvgIpc) is 2.73. The molecule has 1 N–H and O–H groups in total. The lowest BCUT2D eigenvalue weighted by Gasteiger charge is -2.14. The minimum atomic E-state index is -2.26. The Bertz CT molecular complexity index is 659. The van der Waals surface area contributed by atoms with Gasteiger partial charge in [0.05, 0.1) is 13.1 Å². The number of aliphatic hydroxyl groups is 1. The Morgan fingerprint density at radius 2 is 1.35 bits per heavy atom. The summed E-state index contributed by atoms with van der Waals surface area (Å²) in [6, 6.07) is 1.32. The molecular weight excluding hydrogens is 435 g/mol. The van der Waals surface area contributed by atoms with Gasteiger partial charge in [0.2, 0.25) is 5.82 Å². The summed E-state index contributed by atoms with van der Waals surface area (Å²) in [5.74, 6) is -10.6. The van der Waals surface area contributed by atoms with Crippen LogP contribution < -0.4 is 0 Å². The van der Waals surface area contributed by atoms with E-state index in [0.29, 0.717) is 7.57 Å². The number of aliphatic hydroxyl groups excluding tert-OH is 1. The van der Waals surface area contributed by atoms with Crippen molar-refractivity contribution in [2.45, 2.75) is 6.10 Å². The van der Waals surface area contributed by atoms with Gasteiger partial charge in [-0.1, -0.05) is 0 Å². The van der Waals surface area contributed by atoms with Crippen LogP contribution >= 0.6 is 43.2 Å². The van der Waals surface area contributed by atoms with Gasteiger partial charge in [-0.3, -0.25) is 0 Å². The predicted molar refractivity (Wildman–Crippen MR) is 70.0 cm³/mol. The van der Waals surface area contributed by atoms with Crippen molar-refractivity contribution in [3.8, 4) is 0 Å². The van der Waals surface area contributed by atoms with Crippen molar-refractivity contribution in [1.29, 1.82) is 0 Å². The van der Waals surface area contributed by atoms with Crippen molar-refractivity contribution in [1.82, 2.24) is 0 Å². The largest absolute Gasteiger partial charge is 0.383 e. The Labute approximate surface area is 130 Å². The molecule has 0 fully saturated rings. The van der Waals surface area contributed by atoms with E-state index >= 15 is 0 Å². The highest BCUT2D eigenvalue weighted by Crippen LogP contribution is 2.40. The molecule has 0 aliphatic rings. The van der Waals surface area contributed by atoms with Gasteiger partial charge in [0.15, 0.2) is 23.3 Å². The van der Waals surface area contributed by atoms with Crippen molar-refractivity contribution in [2.24, 2.45) is 0 Å². The van der Waals surface area contributed by atoms with E-state index in [9.17, 15) is 27.1 Å². The Morgan fingerprint density at radius 3 is 1.75 bits per heavy atom. The van der Waals surface area contributed by atoms with Gasteiger partial charge in [-0.2, -0.15) is 0 Å². The third kappa shape index (κ3) is 2.51. The van der Waals surface area contributed by atoms with Crippen LogP contribution in [0.25, 0.3) is 0 Å². The maximum absolute atomic E-state index is 13.6. The van der Waals surface area contributed by atoms with Gasteiger partial charge in [-0.05, 0) is 37.9 Å². The zero-order valence-electron chi connectivity index (χ0n) is 9.16. The summed E-state index contributed by atoms with van der Waals surface area (Å²) in [5, 5.41) is 9.91. The van der Waals surface area contributed by atoms with Gasteiger partial charge in [0, 0.05) is 5.56 Å². The molecule has 0 spiro atoms. The molecule has 9 heteroatoms. The molecule has 2 aromatic rings. The standard InChI is InChI=1S/C11H3Br2F5OS/c12-3-1-2(11(13)20-3)10(19)4-5(14)7(16)9(18)8(17)6(4)15/h1,10,19H. The topological polar surface area (TPSA) is 20.2 Å². The Balaban J connectivity index is 2.67. The first-order chi connectivity index (χ1) is 9.25. The molecule has 0 radical (unpaired) electrons. The smallest absolute Gasteiger partial charge is 0.200 e. The molecular formula is C11H3Br2F5OS. The molecule has 0 aliphatic heterocycles. The van der Waals surface area contributed by atoms with E-state index in [0.717, 1.165) is 11.3 Å². The van der Waals surface area contributed by atoms with Crippen LogP contribution in [-0.2, 0) is 0 Å². The highest BCUT2D eigenvalue weighted by atomic mass is 79.9. The van der Waals surface area contributed by atoms with Crippen LogP contribution in [0.3, 0.4) is 0 Å². The van der Waals surface area contributed by atoms with Gasteiger partial charge in [-0.25, -0.2) is 22.0 Å².